The van der Waals surface area contributed by atoms with Crippen LogP contribution in [0.5, 0.6) is 0 Å². The Labute approximate surface area is 198 Å². The highest BCUT2D eigenvalue weighted by Gasteiger charge is 2.53. The van der Waals surface area contributed by atoms with E-state index in [1.807, 2.05) is 18.7 Å². The fraction of sp³-hybridized carbons (Fsp3) is 0.550. The predicted molar refractivity (Wildman–Crippen MR) is 120 cm³/mol. The summed E-state index contributed by atoms with van der Waals surface area (Å²) in [6, 6.07) is 1.53. The van der Waals surface area contributed by atoms with Crippen LogP contribution in [0.25, 0.3) is 16.3 Å². The Hall–Kier alpha value is -2.29. The maximum absolute atomic E-state index is 13.8. The van der Waals surface area contributed by atoms with Crippen LogP contribution in [0.15, 0.2) is 23.4 Å². The molecule has 4 heterocycles. The van der Waals surface area contributed by atoms with Crippen molar-refractivity contribution in [1.82, 2.24) is 24.3 Å². The summed E-state index contributed by atoms with van der Waals surface area (Å²) in [7, 11) is -4.10. The van der Waals surface area contributed by atoms with E-state index in [4.69, 9.17) is 4.74 Å². The Morgan fingerprint density at radius 1 is 1.26 bits per heavy atom. The summed E-state index contributed by atoms with van der Waals surface area (Å²) in [6.45, 7) is 6.38. The van der Waals surface area contributed by atoms with Crippen LogP contribution in [0.1, 0.15) is 38.6 Å². The van der Waals surface area contributed by atoms with E-state index in [1.54, 1.807) is 6.20 Å². The number of rotatable bonds is 6. The number of hydrogen-bond donors (Lipinski definition) is 1. The Kier molecular flexibility index (Phi) is 5.61. The summed E-state index contributed by atoms with van der Waals surface area (Å²) < 4.78 is 76.1. The molecule has 9 nitrogen and oxygen atoms in total. The number of ether oxygens (including phenoxy) is 1. The smallest absolute Gasteiger partial charge is 0.291 e. The third-order valence-electron chi connectivity index (χ3n) is 5.99. The summed E-state index contributed by atoms with van der Waals surface area (Å²) >= 11 is 0.686. The quantitative estimate of drug-likeness (QED) is 0.537. The van der Waals surface area contributed by atoms with Gasteiger partial charge in [-0.3, -0.25) is 4.40 Å². The van der Waals surface area contributed by atoms with Gasteiger partial charge >= 0.3 is 0 Å². The van der Waals surface area contributed by atoms with Gasteiger partial charge in [0.25, 0.3) is 6.43 Å². The first kappa shape index (κ1) is 23.5. The SMILES string of the molecule is C[C@H]1CN(c2cc(S(=O)(=O)NC3(C)CC3F)cn3c(-c4nnc(C(F)F)s4)ncc23)C[C@H](C)O1. The van der Waals surface area contributed by atoms with Gasteiger partial charge in [0.2, 0.25) is 10.0 Å². The van der Waals surface area contributed by atoms with Gasteiger partial charge < -0.3 is 9.64 Å². The lowest BCUT2D eigenvalue weighted by Crippen LogP contribution is -2.45. The van der Waals surface area contributed by atoms with Crippen LogP contribution in [0, 0.1) is 0 Å². The van der Waals surface area contributed by atoms with Gasteiger partial charge in [0, 0.05) is 25.7 Å². The summed E-state index contributed by atoms with van der Waals surface area (Å²) in [5, 5.41) is 7.01. The monoisotopic (exact) mass is 516 g/mol. The molecule has 4 atom stereocenters. The van der Waals surface area contributed by atoms with E-state index in [1.165, 1.54) is 23.6 Å². The van der Waals surface area contributed by atoms with E-state index in [2.05, 4.69) is 19.9 Å². The van der Waals surface area contributed by atoms with Crippen LogP contribution in [-0.2, 0) is 14.8 Å². The van der Waals surface area contributed by atoms with Gasteiger partial charge in [-0.25, -0.2) is 31.3 Å². The molecule has 2 fully saturated rings. The number of hydrogen-bond acceptors (Lipinski definition) is 8. The van der Waals surface area contributed by atoms with Crippen molar-refractivity contribution in [3.8, 4) is 10.8 Å². The second-order valence-corrected chi connectivity index (χ2v) is 11.7. The maximum Gasteiger partial charge on any atom is 0.291 e. The highest BCUT2D eigenvalue weighted by Crippen LogP contribution is 2.40. The second-order valence-electron chi connectivity index (χ2n) is 9.00. The molecule has 1 aliphatic carbocycles. The summed E-state index contributed by atoms with van der Waals surface area (Å²) in [4.78, 5) is 6.25. The van der Waals surface area contributed by atoms with E-state index in [0.29, 0.717) is 35.6 Å². The molecule has 1 aliphatic heterocycles. The number of fused-ring (bicyclic) bond motifs is 1. The van der Waals surface area contributed by atoms with E-state index < -0.39 is 33.2 Å². The molecule has 0 spiro atoms. The molecule has 34 heavy (non-hydrogen) atoms. The van der Waals surface area contributed by atoms with Crippen molar-refractivity contribution >= 4 is 32.6 Å². The minimum Gasteiger partial charge on any atom is -0.372 e. The number of aromatic nitrogens is 4. The van der Waals surface area contributed by atoms with Gasteiger partial charge in [0.1, 0.15) is 11.1 Å². The average Bonchev–Trinajstić information content (AvgIpc) is 3.15. The first-order valence-electron chi connectivity index (χ1n) is 10.7. The van der Waals surface area contributed by atoms with Crippen LogP contribution >= 0.6 is 11.3 Å². The van der Waals surface area contributed by atoms with Crippen molar-refractivity contribution in [1.29, 1.82) is 0 Å². The predicted octanol–water partition coefficient (Wildman–Crippen LogP) is 3.18. The van der Waals surface area contributed by atoms with Crippen molar-refractivity contribution in [3.05, 3.63) is 23.5 Å². The molecule has 3 aromatic heterocycles. The van der Waals surface area contributed by atoms with Crippen molar-refractivity contribution in [2.24, 2.45) is 0 Å². The number of pyridine rings is 1. The molecule has 2 aliphatic rings. The fourth-order valence-corrected chi connectivity index (χ4v) is 6.33. The lowest BCUT2D eigenvalue weighted by atomic mass is 10.2. The van der Waals surface area contributed by atoms with Crippen molar-refractivity contribution in [2.45, 2.75) is 62.4 Å². The molecule has 14 heteroatoms. The van der Waals surface area contributed by atoms with E-state index >= 15 is 0 Å². The molecule has 2 unspecified atom stereocenters. The molecule has 0 radical (unpaired) electrons. The van der Waals surface area contributed by atoms with Gasteiger partial charge in [-0.2, -0.15) is 0 Å². The number of alkyl halides is 3. The van der Waals surface area contributed by atoms with Gasteiger partial charge in [-0.15, -0.1) is 10.2 Å². The molecule has 0 amide bonds. The Morgan fingerprint density at radius 2 is 1.94 bits per heavy atom. The second kappa shape index (κ2) is 8.14. The van der Waals surface area contributed by atoms with Crippen LogP contribution in [0.2, 0.25) is 0 Å². The number of morpholine rings is 1. The van der Waals surface area contributed by atoms with Crippen LogP contribution in [0.3, 0.4) is 0 Å². The molecule has 3 aromatic rings. The first-order chi connectivity index (χ1) is 16.0. The summed E-state index contributed by atoms with van der Waals surface area (Å²) in [5.74, 6) is 0.188. The number of anilines is 1. The molecule has 0 bridgehead atoms. The molecule has 1 N–H and O–H groups in total. The third kappa shape index (κ3) is 4.16. The minimum absolute atomic E-state index is 0.0946. The molecular formula is C20H23F3N6O3S2. The lowest BCUT2D eigenvalue weighted by Gasteiger charge is -2.37. The number of sulfonamides is 1. The molecule has 1 saturated carbocycles. The fourth-order valence-electron chi connectivity index (χ4n) is 4.19. The maximum atomic E-state index is 13.8. The molecule has 184 valence electrons. The largest absolute Gasteiger partial charge is 0.372 e. The van der Waals surface area contributed by atoms with Crippen LogP contribution in [-0.4, -0.2) is 65.0 Å². The average molecular weight is 517 g/mol. The van der Waals surface area contributed by atoms with Crippen LogP contribution in [0.4, 0.5) is 18.9 Å². The lowest BCUT2D eigenvalue weighted by molar-refractivity contribution is -0.00516. The number of nitrogens with one attached hydrogen (secondary N) is 1. The topological polar surface area (TPSA) is 102 Å². The zero-order valence-electron chi connectivity index (χ0n) is 18.6. The molecular weight excluding hydrogens is 493 g/mol. The standard InChI is InChI=1S/C20H23F3N6O3S2/c1-10-7-28(8-11(2)32-10)13-4-12(34(30,31)27-20(3)5-15(20)21)9-29-14(13)6-24-17(29)19-26-25-18(33-19)16(22)23/h4,6,9-11,15-16,27H,5,7-8H2,1-3H3/t10-,11-,15?,20?/m0/s1. The van der Waals surface area contributed by atoms with E-state index in [-0.39, 0.29) is 34.4 Å². The molecule has 0 aromatic carbocycles. The number of halogens is 3. The van der Waals surface area contributed by atoms with Gasteiger partial charge in [0.15, 0.2) is 15.8 Å². The highest BCUT2D eigenvalue weighted by atomic mass is 32.2. The summed E-state index contributed by atoms with van der Waals surface area (Å²) in [5.41, 5.74) is 0.00376. The highest BCUT2D eigenvalue weighted by molar-refractivity contribution is 7.89. The Morgan fingerprint density at radius 3 is 2.53 bits per heavy atom. The first-order valence-corrected chi connectivity index (χ1v) is 13.0. The van der Waals surface area contributed by atoms with Crippen LogP contribution < -0.4 is 9.62 Å². The van der Waals surface area contributed by atoms with Gasteiger partial charge in [-0.1, -0.05) is 11.3 Å². The van der Waals surface area contributed by atoms with Crippen molar-refractivity contribution in [2.75, 3.05) is 18.0 Å². The molecule has 5 rings (SSSR count). The van der Waals surface area contributed by atoms with Crippen molar-refractivity contribution < 1.29 is 26.3 Å². The number of imidazole rings is 1. The van der Waals surface area contributed by atoms with E-state index in [0.717, 1.165) is 0 Å². The number of nitrogens with zero attached hydrogens (tertiary/aromatic N) is 5. The molecule has 1 saturated heterocycles. The summed E-state index contributed by atoms with van der Waals surface area (Å²) in [6.07, 6.45) is -1.25. The zero-order valence-corrected chi connectivity index (χ0v) is 20.2. The Balaban J connectivity index is 1.66. The minimum atomic E-state index is -4.10. The zero-order chi connectivity index (χ0) is 24.4. The third-order valence-corrected chi connectivity index (χ3v) is 8.49. The van der Waals surface area contributed by atoms with Crippen molar-refractivity contribution in [3.63, 3.8) is 0 Å². The van der Waals surface area contributed by atoms with E-state index in [9.17, 15) is 21.6 Å². The van der Waals surface area contributed by atoms with Gasteiger partial charge in [0.05, 0.1) is 35.1 Å². The normalized spacial score (nSPS) is 27.6. The van der Waals surface area contributed by atoms with Gasteiger partial charge in [-0.05, 0) is 26.8 Å². The Bertz CT molecular complexity index is 1340.